The lowest BCUT2D eigenvalue weighted by atomic mass is 10.1. The molecular formula is C16H21N5OS. The molecule has 1 aromatic heterocycles. The van der Waals surface area contributed by atoms with E-state index in [0.717, 1.165) is 48.0 Å². The van der Waals surface area contributed by atoms with E-state index in [1.54, 1.807) is 11.8 Å². The molecule has 23 heavy (non-hydrogen) atoms. The predicted molar refractivity (Wildman–Crippen MR) is 90.4 cm³/mol. The Morgan fingerprint density at radius 3 is 2.96 bits per heavy atom. The number of likely N-dealkylation sites (N-methyl/N-ethyl adjacent to an activating group) is 1. The highest BCUT2D eigenvalue weighted by molar-refractivity contribution is 7.98. The van der Waals surface area contributed by atoms with E-state index in [1.807, 2.05) is 36.2 Å². The van der Waals surface area contributed by atoms with Crippen molar-refractivity contribution >= 4 is 17.7 Å². The minimum atomic E-state index is 0.136. The second-order valence-corrected chi connectivity index (χ2v) is 6.59. The minimum Gasteiger partial charge on any atom is -0.334 e. The van der Waals surface area contributed by atoms with Crippen LogP contribution in [0.1, 0.15) is 28.8 Å². The van der Waals surface area contributed by atoms with Crippen LogP contribution >= 0.6 is 11.8 Å². The number of nitrogens with one attached hydrogen (secondary N) is 2. The number of hydrogen-bond acceptors (Lipinski definition) is 5. The summed E-state index contributed by atoms with van der Waals surface area (Å²) in [5.41, 5.74) is 1.93. The van der Waals surface area contributed by atoms with Crippen molar-refractivity contribution in [3.05, 3.63) is 41.7 Å². The number of aromatic nitrogens is 3. The van der Waals surface area contributed by atoms with Crippen molar-refractivity contribution in [1.29, 1.82) is 0 Å². The van der Waals surface area contributed by atoms with Gasteiger partial charge in [0, 0.05) is 30.4 Å². The molecule has 6 nitrogen and oxygen atoms in total. The third kappa shape index (κ3) is 3.92. The van der Waals surface area contributed by atoms with E-state index in [1.165, 1.54) is 6.33 Å². The van der Waals surface area contributed by atoms with Crippen LogP contribution in [0.5, 0.6) is 0 Å². The molecule has 2 heterocycles. The van der Waals surface area contributed by atoms with Gasteiger partial charge in [-0.15, -0.1) is 0 Å². The number of likely N-dealkylation sites (tertiary alicyclic amines) is 1. The van der Waals surface area contributed by atoms with E-state index in [2.05, 4.69) is 20.5 Å². The number of nitrogens with zero attached hydrogens (tertiary/aromatic N) is 3. The average molecular weight is 331 g/mol. The number of hydrogen-bond donors (Lipinski definition) is 2. The first-order valence-electron chi connectivity index (χ1n) is 7.80. The van der Waals surface area contributed by atoms with Crippen LogP contribution in [0, 0.1) is 0 Å². The van der Waals surface area contributed by atoms with Crippen molar-refractivity contribution in [3.63, 3.8) is 0 Å². The number of carbonyl (C=O) groups excluding carboxylic acids is 1. The summed E-state index contributed by atoms with van der Waals surface area (Å²) >= 11 is 1.59. The molecule has 3 rings (SSSR count). The minimum absolute atomic E-state index is 0.136. The normalized spacial score (nSPS) is 17.6. The van der Waals surface area contributed by atoms with Gasteiger partial charge in [-0.2, -0.15) is 5.10 Å². The summed E-state index contributed by atoms with van der Waals surface area (Å²) in [6, 6.07) is 8.19. The second kappa shape index (κ2) is 7.61. The summed E-state index contributed by atoms with van der Waals surface area (Å²) in [4.78, 5) is 18.7. The number of H-pyrrole nitrogens is 1. The molecule has 0 bridgehead atoms. The Labute approximate surface area is 140 Å². The number of aromatic amines is 1. The van der Waals surface area contributed by atoms with Gasteiger partial charge in [0.15, 0.2) is 5.16 Å². The summed E-state index contributed by atoms with van der Waals surface area (Å²) in [7, 11) is 1.93. The lowest BCUT2D eigenvalue weighted by Gasteiger charge is -2.24. The fourth-order valence-corrected chi connectivity index (χ4v) is 3.61. The van der Waals surface area contributed by atoms with E-state index in [0.29, 0.717) is 6.04 Å². The summed E-state index contributed by atoms with van der Waals surface area (Å²) in [5.74, 6) is 0.938. The van der Waals surface area contributed by atoms with Gasteiger partial charge in [-0.3, -0.25) is 9.89 Å². The Morgan fingerprint density at radius 1 is 1.43 bits per heavy atom. The van der Waals surface area contributed by atoms with Crippen LogP contribution in [0.25, 0.3) is 0 Å². The first kappa shape index (κ1) is 16.0. The maximum Gasteiger partial charge on any atom is 0.254 e. The molecule has 1 aliphatic rings. The maximum atomic E-state index is 12.7. The van der Waals surface area contributed by atoms with Gasteiger partial charge in [-0.1, -0.05) is 23.9 Å². The molecule has 1 aromatic carbocycles. The van der Waals surface area contributed by atoms with Crippen LogP contribution in [-0.4, -0.2) is 52.2 Å². The van der Waals surface area contributed by atoms with Crippen molar-refractivity contribution < 1.29 is 4.79 Å². The fraction of sp³-hybridized carbons (Fsp3) is 0.438. The van der Waals surface area contributed by atoms with Crippen LogP contribution < -0.4 is 5.32 Å². The van der Waals surface area contributed by atoms with Crippen molar-refractivity contribution in [3.8, 4) is 0 Å². The van der Waals surface area contributed by atoms with E-state index < -0.39 is 0 Å². The molecule has 0 radical (unpaired) electrons. The first-order chi connectivity index (χ1) is 11.3. The zero-order valence-corrected chi connectivity index (χ0v) is 14.0. The second-order valence-electron chi connectivity index (χ2n) is 5.63. The van der Waals surface area contributed by atoms with Crippen LogP contribution in [0.15, 0.2) is 35.7 Å². The highest BCUT2D eigenvalue weighted by Gasteiger charge is 2.28. The average Bonchev–Trinajstić information content (AvgIpc) is 3.25. The molecular weight excluding hydrogens is 310 g/mol. The van der Waals surface area contributed by atoms with E-state index in [4.69, 9.17) is 0 Å². The molecule has 1 atom stereocenters. The molecule has 122 valence electrons. The number of benzene rings is 1. The SMILES string of the molecule is CNCC1CCCN1C(=O)c1ccc(CSc2ncn[nH]2)cc1. The zero-order chi connectivity index (χ0) is 16.1. The first-order valence-corrected chi connectivity index (χ1v) is 8.79. The lowest BCUT2D eigenvalue weighted by molar-refractivity contribution is 0.0737. The largest absolute Gasteiger partial charge is 0.334 e. The lowest BCUT2D eigenvalue weighted by Crippen LogP contribution is -2.40. The Bertz CT molecular complexity index is 628. The van der Waals surface area contributed by atoms with Crippen LogP contribution in [-0.2, 0) is 5.75 Å². The van der Waals surface area contributed by atoms with Gasteiger partial charge in [0.05, 0.1) is 0 Å². The van der Waals surface area contributed by atoms with Gasteiger partial charge in [0.1, 0.15) is 6.33 Å². The van der Waals surface area contributed by atoms with E-state index in [9.17, 15) is 4.79 Å². The Balaban J connectivity index is 1.61. The molecule has 0 spiro atoms. The zero-order valence-electron chi connectivity index (χ0n) is 13.2. The van der Waals surface area contributed by atoms with Crippen molar-refractivity contribution in [2.75, 3.05) is 20.1 Å². The molecule has 1 unspecified atom stereocenters. The number of carbonyl (C=O) groups is 1. The molecule has 1 saturated heterocycles. The van der Waals surface area contributed by atoms with Gasteiger partial charge < -0.3 is 10.2 Å². The molecule has 0 saturated carbocycles. The van der Waals surface area contributed by atoms with Gasteiger partial charge in [0.25, 0.3) is 5.91 Å². The highest BCUT2D eigenvalue weighted by atomic mass is 32.2. The monoisotopic (exact) mass is 331 g/mol. The molecule has 0 aliphatic carbocycles. The molecule has 2 aromatic rings. The summed E-state index contributed by atoms with van der Waals surface area (Å²) < 4.78 is 0. The smallest absolute Gasteiger partial charge is 0.254 e. The van der Waals surface area contributed by atoms with E-state index in [-0.39, 0.29) is 5.91 Å². The van der Waals surface area contributed by atoms with Crippen molar-refractivity contribution in [2.24, 2.45) is 0 Å². The number of rotatable bonds is 6. The third-order valence-corrected chi connectivity index (χ3v) is 4.99. The van der Waals surface area contributed by atoms with Gasteiger partial charge in [-0.05, 0) is 37.6 Å². The van der Waals surface area contributed by atoms with Crippen molar-refractivity contribution in [1.82, 2.24) is 25.4 Å². The third-order valence-electron chi connectivity index (χ3n) is 4.05. The number of amides is 1. The Kier molecular flexibility index (Phi) is 5.30. The van der Waals surface area contributed by atoms with Gasteiger partial charge in [-0.25, -0.2) is 4.98 Å². The summed E-state index contributed by atoms with van der Waals surface area (Å²) in [6.45, 7) is 1.71. The van der Waals surface area contributed by atoms with Crippen LogP contribution in [0.3, 0.4) is 0 Å². The summed E-state index contributed by atoms with van der Waals surface area (Å²) in [6.07, 6.45) is 3.67. The molecule has 1 fully saturated rings. The van der Waals surface area contributed by atoms with Gasteiger partial charge in [0.2, 0.25) is 0 Å². The number of thioether (sulfide) groups is 1. The van der Waals surface area contributed by atoms with Gasteiger partial charge >= 0.3 is 0 Å². The fourth-order valence-electron chi connectivity index (χ4n) is 2.88. The van der Waals surface area contributed by atoms with E-state index >= 15 is 0 Å². The molecule has 7 heteroatoms. The molecule has 1 aliphatic heterocycles. The quantitative estimate of drug-likeness (QED) is 0.791. The van der Waals surface area contributed by atoms with Crippen LogP contribution in [0.4, 0.5) is 0 Å². The van der Waals surface area contributed by atoms with Crippen molar-refractivity contribution in [2.45, 2.75) is 29.8 Å². The molecule has 1 amide bonds. The Morgan fingerprint density at radius 2 is 2.26 bits per heavy atom. The standard InChI is InChI=1S/C16H21N5OS/c1-17-9-14-3-2-8-21(14)15(22)13-6-4-12(5-7-13)10-23-16-18-11-19-20-16/h4-7,11,14,17H,2-3,8-10H2,1H3,(H,18,19,20). The maximum absolute atomic E-state index is 12.7. The predicted octanol–water partition coefficient (Wildman–Crippen LogP) is 1.92. The Hall–Kier alpha value is -1.86. The topological polar surface area (TPSA) is 73.9 Å². The highest BCUT2D eigenvalue weighted by Crippen LogP contribution is 2.22. The van der Waals surface area contributed by atoms with Crippen LogP contribution in [0.2, 0.25) is 0 Å². The molecule has 2 N–H and O–H groups in total. The summed E-state index contributed by atoms with van der Waals surface area (Å²) in [5, 5.41) is 10.6.